The van der Waals surface area contributed by atoms with Gasteiger partial charge < -0.3 is 9.64 Å². The highest BCUT2D eigenvalue weighted by molar-refractivity contribution is 8.01. The molecule has 1 aromatic carbocycles. The number of nitriles is 1. The van der Waals surface area contributed by atoms with E-state index in [2.05, 4.69) is 16.0 Å². The summed E-state index contributed by atoms with van der Waals surface area (Å²) in [6.07, 6.45) is 3.06. The Morgan fingerprint density at radius 2 is 2.11 bits per heavy atom. The molecule has 0 saturated carbocycles. The SMILES string of the molecule is N#Cc1cccnc1OC1CCN(C(=O)CSc2nc3ccccc3s2)CC1. The number of likely N-dealkylation sites (tertiary alicyclic amines) is 1. The molecule has 0 aliphatic carbocycles. The van der Waals surface area contributed by atoms with Crippen molar-refractivity contribution in [1.29, 1.82) is 5.26 Å². The number of amides is 1. The first-order valence-corrected chi connectivity index (χ1v) is 10.8. The fourth-order valence-electron chi connectivity index (χ4n) is 3.08. The monoisotopic (exact) mass is 410 g/mol. The van der Waals surface area contributed by atoms with Crippen molar-refractivity contribution in [2.24, 2.45) is 0 Å². The van der Waals surface area contributed by atoms with E-state index in [0.717, 1.165) is 27.4 Å². The summed E-state index contributed by atoms with van der Waals surface area (Å²) >= 11 is 3.11. The first-order valence-electron chi connectivity index (χ1n) is 9.01. The molecule has 0 bridgehead atoms. The van der Waals surface area contributed by atoms with E-state index in [1.54, 1.807) is 29.7 Å². The molecule has 1 saturated heterocycles. The smallest absolute Gasteiger partial charge is 0.233 e. The largest absolute Gasteiger partial charge is 0.473 e. The number of ether oxygens (including phenoxy) is 1. The van der Waals surface area contributed by atoms with Crippen molar-refractivity contribution in [3.05, 3.63) is 48.2 Å². The predicted octanol–water partition coefficient (Wildman–Crippen LogP) is 3.73. The first-order chi connectivity index (χ1) is 13.7. The topological polar surface area (TPSA) is 79.1 Å². The third-order valence-corrected chi connectivity index (χ3v) is 6.72. The number of fused-ring (bicyclic) bond motifs is 1. The minimum atomic E-state index is -0.0250. The van der Waals surface area contributed by atoms with Crippen LogP contribution in [0.3, 0.4) is 0 Å². The van der Waals surface area contributed by atoms with Gasteiger partial charge in [-0.15, -0.1) is 11.3 Å². The number of thiazole rings is 1. The van der Waals surface area contributed by atoms with Crippen LogP contribution in [-0.4, -0.2) is 45.7 Å². The fraction of sp³-hybridized carbons (Fsp3) is 0.300. The molecule has 0 spiro atoms. The number of hydrogen-bond acceptors (Lipinski definition) is 7. The number of carbonyl (C=O) groups is 1. The number of para-hydroxylation sites is 1. The molecule has 0 N–H and O–H groups in total. The lowest BCUT2D eigenvalue weighted by molar-refractivity contribution is -0.130. The zero-order valence-corrected chi connectivity index (χ0v) is 16.7. The van der Waals surface area contributed by atoms with Crippen molar-refractivity contribution in [3.8, 4) is 11.9 Å². The molecule has 0 radical (unpaired) electrons. The van der Waals surface area contributed by atoms with Gasteiger partial charge in [-0.2, -0.15) is 5.26 Å². The van der Waals surface area contributed by atoms with Crippen LogP contribution in [0.25, 0.3) is 10.2 Å². The van der Waals surface area contributed by atoms with E-state index in [0.29, 0.717) is 30.3 Å². The minimum Gasteiger partial charge on any atom is -0.473 e. The Bertz CT molecular complexity index is 989. The van der Waals surface area contributed by atoms with Crippen molar-refractivity contribution in [2.75, 3.05) is 18.8 Å². The van der Waals surface area contributed by atoms with Crippen LogP contribution in [0.5, 0.6) is 5.88 Å². The maximum atomic E-state index is 12.5. The van der Waals surface area contributed by atoms with Crippen molar-refractivity contribution >= 4 is 39.2 Å². The van der Waals surface area contributed by atoms with Crippen LogP contribution in [0.15, 0.2) is 46.9 Å². The normalized spacial score (nSPS) is 14.8. The highest BCUT2D eigenvalue weighted by Crippen LogP contribution is 2.29. The second-order valence-corrected chi connectivity index (χ2v) is 8.66. The lowest BCUT2D eigenvalue weighted by Crippen LogP contribution is -2.42. The molecule has 1 aliphatic heterocycles. The van der Waals surface area contributed by atoms with Gasteiger partial charge in [0.15, 0.2) is 4.34 Å². The highest BCUT2D eigenvalue weighted by atomic mass is 32.2. The summed E-state index contributed by atoms with van der Waals surface area (Å²) in [6.45, 7) is 1.30. The third kappa shape index (κ3) is 4.26. The molecule has 2 aromatic heterocycles. The lowest BCUT2D eigenvalue weighted by atomic mass is 10.1. The zero-order chi connectivity index (χ0) is 19.3. The van der Waals surface area contributed by atoms with Gasteiger partial charge in [-0.05, 0) is 24.3 Å². The molecule has 1 aliphatic rings. The highest BCUT2D eigenvalue weighted by Gasteiger charge is 2.25. The Hall–Kier alpha value is -2.63. The van der Waals surface area contributed by atoms with Gasteiger partial charge in [0.05, 0.1) is 16.0 Å². The number of benzene rings is 1. The fourth-order valence-corrected chi connectivity index (χ4v) is 5.05. The quantitative estimate of drug-likeness (QED) is 0.597. The molecule has 8 heteroatoms. The molecule has 0 atom stereocenters. The molecule has 4 rings (SSSR count). The van der Waals surface area contributed by atoms with E-state index >= 15 is 0 Å². The van der Waals surface area contributed by atoms with Crippen LogP contribution in [-0.2, 0) is 4.79 Å². The van der Waals surface area contributed by atoms with Crippen molar-refractivity contribution in [3.63, 3.8) is 0 Å². The molecule has 28 heavy (non-hydrogen) atoms. The van der Waals surface area contributed by atoms with Gasteiger partial charge in [-0.3, -0.25) is 4.79 Å². The molecular formula is C20H18N4O2S2. The van der Waals surface area contributed by atoms with Gasteiger partial charge in [0.2, 0.25) is 11.8 Å². The van der Waals surface area contributed by atoms with Gasteiger partial charge in [0.25, 0.3) is 0 Å². The van der Waals surface area contributed by atoms with Crippen LogP contribution in [0.2, 0.25) is 0 Å². The zero-order valence-electron chi connectivity index (χ0n) is 15.1. The van der Waals surface area contributed by atoms with Crippen LogP contribution in [0.4, 0.5) is 0 Å². The number of nitrogens with zero attached hydrogens (tertiary/aromatic N) is 4. The predicted molar refractivity (Wildman–Crippen MR) is 110 cm³/mol. The number of aromatic nitrogens is 2. The molecule has 142 valence electrons. The number of hydrogen-bond donors (Lipinski definition) is 0. The van der Waals surface area contributed by atoms with Crippen LogP contribution in [0.1, 0.15) is 18.4 Å². The number of pyridine rings is 1. The summed E-state index contributed by atoms with van der Waals surface area (Å²) in [5.41, 5.74) is 1.42. The van der Waals surface area contributed by atoms with Gasteiger partial charge in [0, 0.05) is 32.1 Å². The Morgan fingerprint density at radius 3 is 2.89 bits per heavy atom. The Morgan fingerprint density at radius 1 is 1.29 bits per heavy atom. The summed E-state index contributed by atoms with van der Waals surface area (Å²) < 4.78 is 7.95. The standard InChI is InChI=1S/C20H18N4O2S2/c21-12-14-4-3-9-22-19(14)26-15-7-10-24(11-8-15)18(25)13-27-20-23-16-5-1-2-6-17(16)28-20/h1-6,9,15H,7-8,10-11,13H2. The maximum Gasteiger partial charge on any atom is 0.233 e. The average molecular weight is 411 g/mol. The van der Waals surface area contributed by atoms with Crippen molar-refractivity contribution in [2.45, 2.75) is 23.3 Å². The van der Waals surface area contributed by atoms with E-state index in [9.17, 15) is 4.79 Å². The summed E-state index contributed by atoms with van der Waals surface area (Å²) in [5, 5.41) is 9.13. The number of rotatable bonds is 5. The van der Waals surface area contributed by atoms with E-state index in [-0.39, 0.29) is 12.0 Å². The molecule has 1 fully saturated rings. The molecule has 1 amide bonds. The molecular weight excluding hydrogens is 392 g/mol. The summed E-state index contributed by atoms with van der Waals surface area (Å²) in [7, 11) is 0. The number of carbonyl (C=O) groups excluding carboxylic acids is 1. The average Bonchev–Trinajstić information content (AvgIpc) is 3.16. The van der Waals surface area contributed by atoms with Gasteiger partial charge in [-0.25, -0.2) is 9.97 Å². The molecule has 0 unspecified atom stereocenters. The van der Waals surface area contributed by atoms with Crippen molar-refractivity contribution in [1.82, 2.24) is 14.9 Å². The van der Waals surface area contributed by atoms with E-state index in [1.807, 2.05) is 29.2 Å². The Kier molecular flexibility index (Phi) is 5.74. The Balaban J connectivity index is 1.27. The van der Waals surface area contributed by atoms with Gasteiger partial charge >= 0.3 is 0 Å². The minimum absolute atomic E-state index is 0.0250. The van der Waals surface area contributed by atoms with Crippen LogP contribution in [0, 0.1) is 11.3 Å². The molecule has 3 aromatic rings. The molecule has 3 heterocycles. The second kappa shape index (κ2) is 8.59. The van der Waals surface area contributed by atoms with E-state index in [1.165, 1.54) is 11.8 Å². The maximum absolute atomic E-state index is 12.5. The Labute approximate surface area is 171 Å². The van der Waals surface area contributed by atoms with Gasteiger partial charge in [-0.1, -0.05) is 23.9 Å². The lowest BCUT2D eigenvalue weighted by Gasteiger charge is -2.32. The van der Waals surface area contributed by atoms with Crippen LogP contribution >= 0.6 is 23.1 Å². The van der Waals surface area contributed by atoms with Crippen molar-refractivity contribution < 1.29 is 9.53 Å². The third-order valence-electron chi connectivity index (χ3n) is 4.56. The summed E-state index contributed by atoms with van der Waals surface area (Å²) in [6, 6.07) is 13.5. The number of thioether (sulfide) groups is 1. The van der Waals surface area contributed by atoms with Crippen LogP contribution < -0.4 is 4.74 Å². The van der Waals surface area contributed by atoms with E-state index in [4.69, 9.17) is 10.00 Å². The second-order valence-electron chi connectivity index (χ2n) is 6.40. The first kappa shape index (κ1) is 18.7. The number of piperidine rings is 1. The molecule has 6 nitrogen and oxygen atoms in total. The van der Waals surface area contributed by atoms with E-state index < -0.39 is 0 Å². The summed E-state index contributed by atoms with van der Waals surface area (Å²) in [4.78, 5) is 23.1. The van der Waals surface area contributed by atoms with Gasteiger partial charge in [0.1, 0.15) is 17.7 Å². The summed E-state index contributed by atoms with van der Waals surface area (Å²) in [5.74, 6) is 0.892.